The lowest BCUT2D eigenvalue weighted by Crippen LogP contribution is -2.41. The van der Waals surface area contributed by atoms with Crippen molar-refractivity contribution in [3.05, 3.63) is 72.8 Å². The van der Waals surface area contributed by atoms with Crippen LogP contribution in [0.15, 0.2) is 77.2 Å². The van der Waals surface area contributed by atoms with Crippen molar-refractivity contribution in [2.45, 2.75) is 38.9 Å². The van der Waals surface area contributed by atoms with Gasteiger partial charge in [0.2, 0.25) is 5.89 Å². The zero-order valence-corrected chi connectivity index (χ0v) is 20.9. The Labute approximate surface area is 207 Å². The topological polar surface area (TPSA) is 44.5 Å². The maximum atomic E-state index is 6.40. The van der Waals surface area contributed by atoms with Gasteiger partial charge in [0.25, 0.3) is 0 Å². The van der Waals surface area contributed by atoms with Crippen LogP contribution >= 0.6 is 11.3 Å². The van der Waals surface area contributed by atoms with Crippen molar-refractivity contribution in [1.82, 2.24) is 4.98 Å². The highest BCUT2D eigenvalue weighted by Crippen LogP contribution is 2.42. The maximum Gasteiger partial charge on any atom is 0.494 e. The summed E-state index contributed by atoms with van der Waals surface area (Å²) in [5.41, 5.74) is 3.00. The van der Waals surface area contributed by atoms with E-state index >= 15 is 0 Å². The molecule has 0 N–H and O–H groups in total. The van der Waals surface area contributed by atoms with Gasteiger partial charge in [-0.25, -0.2) is 4.98 Å². The molecule has 6 aromatic rings. The normalized spacial score (nSPS) is 17.3. The summed E-state index contributed by atoms with van der Waals surface area (Å²) >= 11 is 1.79. The molecular formula is C29H24BNO3S. The predicted molar refractivity (Wildman–Crippen MR) is 146 cm³/mol. The minimum absolute atomic E-state index is 0.364. The molecule has 1 aliphatic rings. The van der Waals surface area contributed by atoms with Gasteiger partial charge in [0.1, 0.15) is 5.52 Å². The maximum absolute atomic E-state index is 6.40. The summed E-state index contributed by atoms with van der Waals surface area (Å²) in [7, 11) is -0.374. The number of nitrogens with zero attached hydrogens (tertiary/aromatic N) is 1. The van der Waals surface area contributed by atoms with E-state index in [0.717, 1.165) is 32.9 Å². The van der Waals surface area contributed by atoms with Crippen LogP contribution in [-0.4, -0.2) is 23.3 Å². The second kappa shape index (κ2) is 7.17. The van der Waals surface area contributed by atoms with Crippen LogP contribution in [0.5, 0.6) is 0 Å². The highest BCUT2D eigenvalue weighted by molar-refractivity contribution is 7.26. The Morgan fingerprint density at radius 1 is 0.771 bits per heavy atom. The summed E-state index contributed by atoms with van der Waals surface area (Å²) in [4.78, 5) is 4.80. The van der Waals surface area contributed by atoms with Crippen molar-refractivity contribution in [3.8, 4) is 11.5 Å². The van der Waals surface area contributed by atoms with Crippen LogP contribution in [0.1, 0.15) is 27.7 Å². The van der Waals surface area contributed by atoms with Crippen molar-refractivity contribution < 1.29 is 13.7 Å². The average Bonchev–Trinajstić information content (AvgIpc) is 3.50. The monoisotopic (exact) mass is 477 g/mol. The number of aromatic nitrogens is 1. The molecule has 6 heteroatoms. The molecule has 0 spiro atoms. The summed E-state index contributed by atoms with van der Waals surface area (Å²) < 4.78 is 21.4. The van der Waals surface area contributed by atoms with E-state index in [4.69, 9.17) is 18.7 Å². The third-order valence-electron chi connectivity index (χ3n) is 7.54. The smallest absolute Gasteiger partial charge is 0.435 e. The zero-order valence-electron chi connectivity index (χ0n) is 20.1. The van der Waals surface area contributed by atoms with Gasteiger partial charge in [-0.3, -0.25) is 0 Å². The van der Waals surface area contributed by atoms with Crippen LogP contribution in [-0.2, 0) is 9.31 Å². The Morgan fingerprint density at radius 2 is 1.51 bits per heavy atom. The second-order valence-corrected chi connectivity index (χ2v) is 11.4. The molecule has 0 radical (unpaired) electrons. The molecule has 0 atom stereocenters. The van der Waals surface area contributed by atoms with Gasteiger partial charge < -0.3 is 13.7 Å². The molecule has 35 heavy (non-hydrogen) atoms. The summed E-state index contributed by atoms with van der Waals surface area (Å²) in [6.07, 6.45) is 0. The third kappa shape index (κ3) is 3.10. The molecule has 4 nitrogen and oxygen atoms in total. The second-order valence-electron chi connectivity index (χ2n) is 10.3. The van der Waals surface area contributed by atoms with E-state index in [1.165, 1.54) is 20.2 Å². The van der Waals surface area contributed by atoms with Crippen molar-refractivity contribution in [2.75, 3.05) is 0 Å². The van der Waals surface area contributed by atoms with E-state index in [2.05, 4.69) is 64.1 Å². The Balaban J connectivity index is 1.43. The minimum atomic E-state index is -0.374. The fraction of sp³-hybridized carbons (Fsp3) is 0.207. The third-order valence-corrected chi connectivity index (χ3v) is 8.66. The fourth-order valence-electron chi connectivity index (χ4n) is 4.91. The summed E-state index contributed by atoms with van der Waals surface area (Å²) in [6, 6.07) is 25.2. The fourth-order valence-corrected chi connectivity index (χ4v) is 6.07. The van der Waals surface area contributed by atoms with Gasteiger partial charge >= 0.3 is 7.12 Å². The average molecular weight is 477 g/mol. The Kier molecular flexibility index (Phi) is 4.33. The quantitative estimate of drug-likeness (QED) is 0.245. The standard InChI is InChI=1S/C29H24BNO3S/c1-28(2)29(3,4)34-30(33-28)19-12-13-20-23(16-19)35-22-15-11-17-10-14-21-26(24(17)25(20)22)32-27(31-21)18-8-6-5-7-9-18/h5-16H,1-4H3. The summed E-state index contributed by atoms with van der Waals surface area (Å²) in [5, 5.41) is 4.69. The Morgan fingerprint density at radius 3 is 2.29 bits per heavy atom. The highest BCUT2D eigenvalue weighted by atomic mass is 32.1. The van der Waals surface area contributed by atoms with E-state index in [-0.39, 0.29) is 18.3 Å². The van der Waals surface area contributed by atoms with E-state index < -0.39 is 0 Å². The first-order chi connectivity index (χ1) is 16.8. The number of oxazole rings is 1. The van der Waals surface area contributed by atoms with E-state index in [1.807, 2.05) is 36.4 Å². The number of fused-ring (bicyclic) bond motifs is 7. The first kappa shape index (κ1) is 21.1. The number of rotatable bonds is 2. The van der Waals surface area contributed by atoms with Gasteiger partial charge in [-0.05, 0) is 68.9 Å². The van der Waals surface area contributed by atoms with Gasteiger partial charge in [0.05, 0.1) is 11.2 Å². The lowest BCUT2D eigenvalue weighted by Gasteiger charge is -2.32. The van der Waals surface area contributed by atoms with E-state index in [9.17, 15) is 0 Å². The number of hydrogen-bond acceptors (Lipinski definition) is 5. The molecule has 0 amide bonds. The van der Waals surface area contributed by atoms with Crippen LogP contribution in [0.3, 0.4) is 0 Å². The molecule has 2 aromatic heterocycles. The summed E-state index contributed by atoms with van der Waals surface area (Å²) in [5.74, 6) is 0.646. The highest BCUT2D eigenvalue weighted by Gasteiger charge is 2.51. The molecule has 0 unspecified atom stereocenters. The van der Waals surface area contributed by atoms with Gasteiger partial charge in [-0.1, -0.05) is 42.5 Å². The molecule has 172 valence electrons. The molecule has 1 saturated heterocycles. The molecule has 1 fully saturated rings. The lowest BCUT2D eigenvalue weighted by atomic mass is 9.79. The van der Waals surface area contributed by atoms with E-state index in [1.54, 1.807) is 11.3 Å². The van der Waals surface area contributed by atoms with E-state index in [0.29, 0.717) is 5.89 Å². The largest absolute Gasteiger partial charge is 0.494 e. The van der Waals surface area contributed by atoms with Crippen molar-refractivity contribution in [1.29, 1.82) is 0 Å². The summed E-state index contributed by atoms with van der Waals surface area (Å²) in [6.45, 7) is 8.35. The number of benzene rings is 4. The van der Waals surface area contributed by atoms with Crippen LogP contribution in [0.4, 0.5) is 0 Å². The molecule has 1 aliphatic heterocycles. The number of thiophene rings is 1. The van der Waals surface area contributed by atoms with Crippen LogP contribution in [0.2, 0.25) is 0 Å². The molecule has 0 aliphatic carbocycles. The van der Waals surface area contributed by atoms with Crippen LogP contribution in [0, 0.1) is 0 Å². The SMILES string of the molecule is CC1(C)OB(c2ccc3c(c2)sc2ccc4ccc5nc(-c6ccccc6)oc5c4c23)OC1(C)C. The molecular weight excluding hydrogens is 453 g/mol. The van der Waals surface area contributed by atoms with Gasteiger partial charge in [-0.15, -0.1) is 11.3 Å². The first-order valence-corrected chi connectivity index (χ1v) is 12.7. The zero-order chi connectivity index (χ0) is 23.9. The predicted octanol–water partition coefficient (Wildman–Crippen LogP) is 7.32. The minimum Gasteiger partial charge on any atom is -0.435 e. The van der Waals surface area contributed by atoms with Crippen molar-refractivity contribution in [3.63, 3.8) is 0 Å². The molecule has 7 rings (SSSR count). The van der Waals surface area contributed by atoms with Crippen LogP contribution in [0.25, 0.3) is 53.5 Å². The Hall–Kier alpha value is -3.19. The molecule has 3 heterocycles. The Bertz CT molecular complexity index is 1750. The molecule has 0 bridgehead atoms. The van der Waals surface area contributed by atoms with Gasteiger partial charge in [0.15, 0.2) is 5.58 Å². The van der Waals surface area contributed by atoms with Crippen molar-refractivity contribution >= 4 is 66.0 Å². The van der Waals surface area contributed by atoms with Gasteiger partial charge in [-0.2, -0.15) is 0 Å². The van der Waals surface area contributed by atoms with Gasteiger partial charge in [0, 0.05) is 31.1 Å². The number of hydrogen-bond donors (Lipinski definition) is 0. The van der Waals surface area contributed by atoms with Crippen molar-refractivity contribution in [2.24, 2.45) is 0 Å². The molecule has 4 aromatic carbocycles. The first-order valence-electron chi connectivity index (χ1n) is 11.9. The van der Waals surface area contributed by atoms with Crippen LogP contribution < -0.4 is 5.46 Å². The lowest BCUT2D eigenvalue weighted by molar-refractivity contribution is 0.00578. The molecule has 0 saturated carbocycles.